The molecular formula is C14H16BrClN4O. The number of rotatable bonds is 4. The summed E-state index contributed by atoms with van der Waals surface area (Å²) < 4.78 is 2.68. The van der Waals surface area contributed by atoms with Crippen molar-refractivity contribution in [3.05, 3.63) is 46.7 Å². The van der Waals surface area contributed by atoms with E-state index in [9.17, 15) is 4.79 Å². The highest BCUT2D eigenvalue weighted by Gasteiger charge is 2.18. The number of halogens is 2. The van der Waals surface area contributed by atoms with E-state index in [1.54, 1.807) is 16.9 Å². The van der Waals surface area contributed by atoms with Gasteiger partial charge in [-0.1, -0.05) is 22.0 Å². The van der Waals surface area contributed by atoms with Gasteiger partial charge in [-0.15, -0.1) is 12.4 Å². The van der Waals surface area contributed by atoms with E-state index in [-0.39, 0.29) is 18.3 Å². The van der Waals surface area contributed by atoms with Crippen molar-refractivity contribution in [2.75, 3.05) is 19.6 Å². The van der Waals surface area contributed by atoms with E-state index in [1.165, 1.54) is 0 Å². The van der Waals surface area contributed by atoms with Crippen molar-refractivity contribution >= 4 is 34.2 Å². The van der Waals surface area contributed by atoms with Crippen LogP contribution in [0, 0.1) is 5.92 Å². The molecule has 2 aromatic rings. The van der Waals surface area contributed by atoms with Gasteiger partial charge in [0, 0.05) is 36.2 Å². The molecule has 1 aromatic carbocycles. The summed E-state index contributed by atoms with van der Waals surface area (Å²) in [6.07, 6.45) is 1.79. The molecule has 0 atom stereocenters. The topological polar surface area (TPSA) is 59.0 Å². The highest BCUT2D eigenvalue weighted by atomic mass is 79.9. The average Bonchev–Trinajstić information content (AvgIpc) is 2.86. The van der Waals surface area contributed by atoms with Crippen molar-refractivity contribution in [2.45, 2.75) is 0 Å². The van der Waals surface area contributed by atoms with Crippen LogP contribution >= 0.6 is 28.3 Å². The molecule has 1 aromatic heterocycles. The number of amides is 1. The van der Waals surface area contributed by atoms with Crippen LogP contribution in [-0.4, -0.2) is 35.3 Å². The number of aromatic nitrogens is 2. The van der Waals surface area contributed by atoms with Crippen molar-refractivity contribution in [2.24, 2.45) is 5.92 Å². The molecule has 0 bridgehead atoms. The molecule has 1 saturated heterocycles. The highest BCUT2D eigenvalue weighted by molar-refractivity contribution is 9.10. The third-order valence-corrected chi connectivity index (χ3v) is 3.81. The van der Waals surface area contributed by atoms with Crippen LogP contribution < -0.4 is 10.6 Å². The molecular weight excluding hydrogens is 356 g/mol. The lowest BCUT2D eigenvalue weighted by atomic mass is 10.0. The van der Waals surface area contributed by atoms with Gasteiger partial charge in [-0.25, -0.2) is 4.68 Å². The molecule has 1 aliphatic heterocycles. The van der Waals surface area contributed by atoms with Gasteiger partial charge >= 0.3 is 0 Å². The lowest BCUT2D eigenvalue weighted by molar-refractivity contribution is 0.0937. The van der Waals surface area contributed by atoms with Crippen molar-refractivity contribution in [3.8, 4) is 5.69 Å². The van der Waals surface area contributed by atoms with Crippen molar-refractivity contribution in [1.29, 1.82) is 0 Å². The van der Waals surface area contributed by atoms with Crippen LogP contribution in [-0.2, 0) is 0 Å². The summed E-state index contributed by atoms with van der Waals surface area (Å²) in [6.45, 7) is 2.66. The van der Waals surface area contributed by atoms with Gasteiger partial charge in [0.05, 0.1) is 5.69 Å². The fourth-order valence-corrected chi connectivity index (χ4v) is 2.42. The number of benzene rings is 1. The van der Waals surface area contributed by atoms with E-state index in [1.807, 2.05) is 24.3 Å². The smallest absolute Gasteiger partial charge is 0.271 e. The highest BCUT2D eigenvalue weighted by Crippen LogP contribution is 2.15. The average molecular weight is 372 g/mol. The van der Waals surface area contributed by atoms with Crippen LogP contribution in [0.25, 0.3) is 5.69 Å². The summed E-state index contributed by atoms with van der Waals surface area (Å²) in [7, 11) is 0. The molecule has 1 aliphatic rings. The zero-order valence-electron chi connectivity index (χ0n) is 11.3. The first-order valence-corrected chi connectivity index (χ1v) is 7.32. The zero-order valence-corrected chi connectivity index (χ0v) is 13.7. The van der Waals surface area contributed by atoms with E-state index in [0.29, 0.717) is 18.2 Å². The first kappa shape index (κ1) is 16.0. The van der Waals surface area contributed by atoms with Crippen molar-refractivity contribution in [1.82, 2.24) is 20.4 Å². The van der Waals surface area contributed by atoms with Crippen LogP contribution in [0.4, 0.5) is 0 Å². The van der Waals surface area contributed by atoms with E-state index in [0.717, 1.165) is 23.2 Å². The van der Waals surface area contributed by atoms with Crippen molar-refractivity contribution < 1.29 is 4.79 Å². The summed E-state index contributed by atoms with van der Waals surface area (Å²) in [4.78, 5) is 12.0. The van der Waals surface area contributed by atoms with Gasteiger partial charge in [0.25, 0.3) is 5.91 Å². The Kier molecular flexibility index (Phi) is 5.39. The van der Waals surface area contributed by atoms with Crippen LogP contribution in [0.1, 0.15) is 10.5 Å². The molecule has 2 heterocycles. The summed E-state index contributed by atoms with van der Waals surface area (Å²) in [5.74, 6) is 0.428. The van der Waals surface area contributed by atoms with Gasteiger partial charge in [0.2, 0.25) is 0 Å². The molecule has 5 nitrogen and oxygen atoms in total. The fraction of sp³-hybridized carbons (Fsp3) is 0.286. The molecule has 1 fully saturated rings. The van der Waals surface area contributed by atoms with E-state index < -0.39 is 0 Å². The second-order valence-corrected chi connectivity index (χ2v) is 5.78. The number of hydrogen-bond donors (Lipinski definition) is 2. The summed E-state index contributed by atoms with van der Waals surface area (Å²) >= 11 is 3.42. The van der Waals surface area contributed by atoms with Crippen LogP contribution in [0.2, 0.25) is 0 Å². The summed E-state index contributed by atoms with van der Waals surface area (Å²) in [6, 6.07) is 9.52. The monoisotopic (exact) mass is 370 g/mol. The molecule has 1 amide bonds. The number of carbonyl (C=O) groups is 1. The van der Waals surface area contributed by atoms with E-state index >= 15 is 0 Å². The Hall–Kier alpha value is -1.37. The lowest BCUT2D eigenvalue weighted by Gasteiger charge is -2.26. The normalized spacial score (nSPS) is 14.1. The third-order valence-electron chi connectivity index (χ3n) is 3.31. The van der Waals surface area contributed by atoms with E-state index in [2.05, 4.69) is 31.7 Å². The molecule has 0 radical (unpaired) electrons. The van der Waals surface area contributed by atoms with Gasteiger partial charge in [0.15, 0.2) is 5.69 Å². The molecule has 0 aliphatic carbocycles. The van der Waals surface area contributed by atoms with Crippen LogP contribution in [0.5, 0.6) is 0 Å². The van der Waals surface area contributed by atoms with Crippen LogP contribution in [0.3, 0.4) is 0 Å². The molecule has 0 saturated carbocycles. The Morgan fingerprint density at radius 3 is 2.90 bits per heavy atom. The maximum atomic E-state index is 12.0. The molecule has 7 heteroatoms. The molecule has 2 N–H and O–H groups in total. The molecule has 3 rings (SSSR count). The van der Waals surface area contributed by atoms with Gasteiger partial charge in [-0.05, 0) is 24.3 Å². The fourth-order valence-electron chi connectivity index (χ4n) is 2.03. The third kappa shape index (κ3) is 3.84. The number of hydrogen-bond acceptors (Lipinski definition) is 3. The molecule has 112 valence electrons. The first-order valence-electron chi connectivity index (χ1n) is 6.53. The van der Waals surface area contributed by atoms with Gasteiger partial charge in [0.1, 0.15) is 0 Å². The minimum absolute atomic E-state index is 0. The first-order chi connectivity index (χ1) is 9.72. The quantitative estimate of drug-likeness (QED) is 0.864. The Morgan fingerprint density at radius 2 is 2.24 bits per heavy atom. The summed E-state index contributed by atoms with van der Waals surface area (Å²) in [5, 5.41) is 10.4. The molecule has 0 unspecified atom stereocenters. The number of carbonyl (C=O) groups excluding carboxylic acids is 1. The maximum absolute atomic E-state index is 12.0. The zero-order chi connectivity index (χ0) is 13.9. The van der Waals surface area contributed by atoms with E-state index in [4.69, 9.17) is 0 Å². The van der Waals surface area contributed by atoms with Gasteiger partial charge in [-0.3, -0.25) is 4.79 Å². The Bertz CT molecular complexity index is 627. The van der Waals surface area contributed by atoms with Gasteiger partial charge < -0.3 is 10.6 Å². The van der Waals surface area contributed by atoms with Gasteiger partial charge in [-0.2, -0.15) is 5.10 Å². The predicted octanol–water partition coefficient (Wildman–Crippen LogP) is 2.01. The van der Waals surface area contributed by atoms with Crippen LogP contribution in [0.15, 0.2) is 41.0 Å². The SMILES string of the molecule is Cl.O=C(NCC1CNC1)c1ccn(-c2cccc(Br)c2)n1. The minimum atomic E-state index is -0.120. The number of nitrogens with one attached hydrogen (secondary N) is 2. The lowest BCUT2D eigenvalue weighted by Crippen LogP contribution is -2.48. The standard InChI is InChI=1S/C14H15BrN4O.ClH/c15-11-2-1-3-12(6-11)19-5-4-13(18-19)14(20)17-9-10-7-16-8-10;/h1-6,10,16H,7-9H2,(H,17,20);1H. The molecule has 0 spiro atoms. The van der Waals surface area contributed by atoms with Crippen molar-refractivity contribution in [3.63, 3.8) is 0 Å². The Labute approximate surface area is 137 Å². The Balaban J connectivity index is 0.00000161. The minimum Gasteiger partial charge on any atom is -0.350 e. The molecule has 21 heavy (non-hydrogen) atoms. The largest absolute Gasteiger partial charge is 0.350 e. The second-order valence-electron chi connectivity index (χ2n) is 4.86. The summed E-state index contributed by atoms with van der Waals surface area (Å²) in [5.41, 5.74) is 1.36. The predicted molar refractivity (Wildman–Crippen MR) is 87.2 cm³/mol. The number of nitrogens with zero attached hydrogens (tertiary/aromatic N) is 2. The Morgan fingerprint density at radius 1 is 1.43 bits per heavy atom. The second kappa shape index (κ2) is 7.06. The maximum Gasteiger partial charge on any atom is 0.271 e.